The number of rotatable bonds is 8. The lowest BCUT2D eigenvalue weighted by Crippen LogP contribution is -2.38. The van der Waals surface area contributed by atoms with Crippen molar-refractivity contribution in [3.05, 3.63) is 12.2 Å². The Balaban J connectivity index is 4.45. The van der Waals surface area contributed by atoms with Crippen molar-refractivity contribution < 1.29 is 4.43 Å². The Labute approximate surface area is 101 Å². The van der Waals surface area contributed by atoms with E-state index in [-0.39, 0.29) is 6.10 Å². The van der Waals surface area contributed by atoms with E-state index in [0.29, 0.717) is 0 Å². The summed E-state index contributed by atoms with van der Waals surface area (Å²) in [5.74, 6) is 0. The summed E-state index contributed by atoms with van der Waals surface area (Å²) in [6.07, 6.45) is 5.80. The molecule has 0 aliphatic heterocycles. The van der Waals surface area contributed by atoms with Crippen LogP contribution in [0, 0.1) is 11.3 Å². The number of hydrogen-bond donors (Lipinski definition) is 0. The van der Waals surface area contributed by atoms with E-state index in [2.05, 4.69) is 39.8 Å². The highest BCUT2D eigenvalue weighted by atomic mass is 28.4. The van der Waals surface area contributed by atoms with Crippen LogP contribution in [0.1, 0.15) is 40.5 Å². The summed E-state index contributed by atoms with van der Waals surface area (Å²) < 4.78 is 6.07. The van der Waals surface area contributed by atoms with Crippen LogP contribution >= 0.6 is 0 Å². The third-order valence-electron chi connectivity index (χ3n) is 3.20. The second kappa shape index (κ2) is 8.55. The normalized spacial score (nSPS) is 13.9. The molecule has 0 amide bonds. The van der Waals surface area contributed by atoms with Crippen LogP contribution in [0.2, 0.25) is 18.1 Å². The van der Waals surface area contributed by atoms with E-state index in [1.165, 1.54) is 0 Å². The molecule has 0 aromatic heterocycles. The van der Waals surface area contributed by atoms with Gasteiger partial charge in [-0.3, -0.25) is 0 Å². The third-order valence-corrected chi connectivity index (χ3v) is 7.82. The third kappa shape index (κ3) is 4.96. The van der Waals surface area contributed by atoms with Crippen LogP contribution in [0.4, 0.5) is 0 Å². The molecule has 0 aliphatic rings. The van der Waals surface area contributed by atoms with E-state index in [1.54, 1.807) is 0 Å². The van der Waals surface area contributed by atoms with Crippen LogP contribution in [0.3, 0.4) is 0 Å². The van der Waals surface area contributed by atoms with Gasteiger partial charge >= 0.3 is 0 Å². The fourth-order valence-electron chi connectivity index (χ4n) is 1.76. The van der Waals surface area contributed by atoms with Crippen molar-refractivity contribution in [3.63, 3.8) is 0 Å². The van der Waals surface area contributed by atoms with Gasteiger partial charge in [0.1, 0.15) is 0 Å². The van der Waals surface area contributed by atoms with Gasteiger partial charge in [0.15, 0.2) is 14.4 Å². The molecule has 0 rings (SSSR count). The summed E-state index contributed by atoms with van der Waals surface area (Å²) in [6.45, 7) is 8.69. The van der Waals surface area contributed by atoms with Gasteiger partial charge in [-0.15, -0.1) is 0 Å². The molecule has 0 fully saturated rings. The van der Waals surface area contributed by atoms with Crippen LogP contribution in [0.15, 0.2) is 12.2 Å². The first-order valence-corrected chi connectivity index (χ1v) is 8.95. The molecular formula is C13H25NOSi. The van der Waals surface area contributed by atoms with Crippen molar-refractivity contribution in [2.45, 2.75) is 64.8 Å². The molecule has 16 heavy (non-hydrogen) atoms. The van der Waals surface area contributed by atoms with Gasteiger partial charge in [-0.2, -0.15) is 5.26 Å². The zero-order valence-corrected chi connectivity index (χ0v) is 12.1. The minimum atomic E-state index is -1.64. The van der Waals surface area contributed by atoms with E-state index in [4.69, 9.17) is 9.69 Å². The first-order chi connectivity index (χ1) is 7.67. The molecule has 3 heteroatoms. The molecule has 0 saturated carbocycles. The fraction of sp³-hybridized carbons (Fsp3) is 0.769. The molecule has 0 bridgehead atoms. The lowest BCUT2D eigenvalue weighted by molar-refractivity contribution is 0.283. The van der Waals surface area contributed by atoms with Gasteiger partial charge in [0.25, 0.3) is 0 Å². The van der Waals surface area contributed by atoms with Gasteiger partial charge < -0.3 is 4.43 Å². The quantitative estimate of drug-likeness (QED) is 0.468. The fourth-order valence-corrected chi connectivity index (χ4v) is 4.43. The highest BCUT2D eigenvalue weighted by molar-refractivity contribution is 6.73. The summed E-state index contributed by atoms with van der Waals surface area (Å²) in [4.78, 5) is 0. The molecule has 0 aromatic carbocycles. The van der Waals surface area contributed by atoms with Gasteiger partial charge in [-0.05, 0) is 30.6 Å². The van der Waals surface area contributed by atoms with Crippen molar-refractivity contribution in [2.24, 2.45) is 0 Å². The van der Waals surface area contributed by atoms with Gasteiger partial charge in [0, 0.05) is 0 Å². The Morgan fingerprint density at radius 2 is 1.75 bits per heavy atom. The van der Waals surface area contributed by atoms with Crippen LogP contribution in [0.25, 0.3) is 0 Å². The molecule has 92 valence electrons. The summed E-state index contributed by atoms with van der Waals surface area (Å²) in [6, 6.07) is 5.54. The Morgan fingerprint density at radius 3 is 2.12 bits per heavy atom. The lowest BCUT2D eigenvalue weighted by atomic mass is 10.3. The van der Waals surface area contributed by atoms with Crippen molar-refractivity contribution in [3.8, 4) is 6.07 Å². The highest BCUT2D eigenvalue weighted by Crippen LogP contribution is 2.23. The smallest absolute Gasteiger partial charge is 0.194 e. The molecule has 1 unspecified atom stereocenters. The lowest BCUT2D eigenvalue weighted by Gasteiger charge is -2.29. The van der Waals surface area contributed by atoms with Crippen molar-refractivity contribution in [1.29, 1.82) is 5.26 Å². The zero-order chi connectivity index (χ0) is 12.4. The van der Waals surface area contributed by atoms with Crippen LogP contribution in [-0.2, 0) is 4.43 Å². The standard InChI is InChI=1S/C13H25NOSi/c1-5-9-10-11-13(12-14)15-16(6-2,7-3)8-4/h10-11,13H,5-9H2,1-4H3/b11-10+. The summed E-state index contributed by atoms with van der Waals surface area (Å²) in [7, 11) is -1.64. The van der Waals surface area contributed by atoms with Crippen LogP contribution < -0.4 is 0 Å². The van der Waals surface area contributed by atoms with Crippen molar-refractivity contribution >= 4 is 8.32 Å². The van der Waals surface area contributed by atoms with Gasteiger partial charge in [-0.25, -0.2) is 0 Å². The highest BCUT2D eigenvalue weighted by Gasteiger charge is 2.31. The second-order valence-electron chi connectivity index (χ2n) is 4.13. The van der Waals surface area contributed by atoms with Gasteiger partial charge in [0.05, 0.1) is 6.07 Å². The molecule has 2 nitrogen and oxygen atoms in total. The van der Waals surface area contributed by atoms with Crippen molar-refractivity contribution in [1.82, 2.24) is 0 Å². The number of nitriles is 1. The maximum Gasteiger partial charge on any atom is 0.194 e. The zero-order valence-electron chi connectivity index (χ0n) is 11.1. The largest absolute Gasteiger partial charge is 0.398 e. The van der Waals surface area contributed by atoms with Crippen LogP contribution in [-0.4, -0.2) is 14.4 Å². The van der Waals surface area contributed by atoms with Gasteiger partial charge in [-0.1, -0.05) is 40.2 Å². The molecule has 0 spiro atoms. The Bertz CT molecular complexity index is 233. The molecule has 0 aliphatic carbocycles. The van der Waals surface area contributed by atoms with E-state index in [1.807, 2.05) is 6.08 Å². The molecule has 0 saturated heterocycles. The first kappa shape index (κ1) is 15.4. The molecular weight excluding hydrogens is 214 g/mol. The van der Waals surface area contributed by atoms with E-state index in [9.17, 15) is 0 Å². The van der Waals surface area contributed by atoms with Crippen molar-refractivity contribution in [2.75, 3.05) is 0 Å². The number of unbranched alkanes of at least 4 members (excludes halogenated alkanes) is 1. The number of nitrogens with zero attached hydrogens (tertiary/aromatic N) is 1. The Kier molecular flexibility index (Phi) is 8.23. The SMILES string of the molecule is CCC/C=C/C(C#N)O[Si](CC)(CC)CC. The van der Waals surface area contributed by atoms with Crippen LogP contribution in [0.5, 0.6) is 0 Å². The topological polar surface area (TPSA) is 33.0 Å². The minimum Gasteiger partial charge on any atom is -0.398 e. The first-order valence-electron chi connectivity index (χ1n) is 6.42. The van der Waals surface area contributed by atoms with Gasteiger partial charge in [0.2, 0.25) is 0 Å². The van der Waals surface area contributed by atoms with E-state index in [0.717, 1.165) is 31.0 Å². The predicted octanol–water partition coefficient (Wildman–Crippen LogP) is 4.26. The Hall–Kier alpha value is -0.593. The monoisotopic (exact) mass is 239 g/mol. The molecule has 1 atom stereocenters. The predicted molar refractivity (Wildman–Crippen MR) is 71.7 cm³/mol. The molecule has 0 N–H and O–H groups in total. The van der Waals surface area contributed by atoms with E-state index >= 15 is 0 Å². The maximum absolute atomic E-state index is 9.07. The maximum atomic E-state index is 9.07. The molecule has 0 aromatic rings. The molecule has 0 heterocycles. The number of hydrogen-bond acceptors (Lipinski definition) is 2. The minimum absolute atomic E-state index is 0.335. The average Bonchev–Trinajstić information content (AvgIpc) is 2.34. The summed E-state index contributed by atoms with van der Waals surface area (Å²) in [5, 5.41) is 9.07. The average molecular weight is 239 g/mol. The Morgan fingerprint density at radius 1 is 1.19 bits per heavy atom. The summed E-state index contributed by atoms with van der Waals surface area (Å²) in [5.41, 5.74) is 0. The summed E-state index contributed by atoms with van der Waals surface area (Å²) >= 11 is 0. The number of allylic oxidation sites excluding steroid dienone is 1. The molecule has 0 radical (unpaired) electrons. The van der Waals surface area contributed by atoms with E-state index < -0.39 is 8.32 Å². The second-order valence-corrected chi connectivity index (χ2v) is 8.85.